The van der Waals surface area contributed by atoms with Crippen LogP contribution in [0.2, 0.25) is 0 Å². The van der Waals surface area contributed by atoms with Gasteiger partial charge < -0.3 is 19.5 Å². The Morgan fingerprint density at radius 2 is 1.78 bits per heavy atom. The van der Waals surface area contributed by atoms with Gasteiger partial charge in [-0.15, -0.1) is 10.2 Å². The van der Waals surface area contributed by atoms with Gasteiger partial charge in [0.25, 0.3) is 0 Å². The molecule has 0 bridgehead atoms. The van der Waals surface area contributed by atoms with Crippen molar-refractivity contribution in [3.05, 3.63) is 12.1 Å². The predicted molar refractivity (Wildman–Crippen MR) is 88.5 cm³/mol. The summed E-state index contributed by atoms with van der Waals surface area (Å²) in [5, 5.41) is 11.9. The summed E-state index contributed by atoms with van der Waals surface area (Å²) in [5.41, 5.74) is 0.771. The largest absolute Gasteiger partial charge is 0.493 e. The van der Waals surface area contributed by atoms with E-state index >= 15 is 0 Å². The third kappa shape index (κ3) is 3.89. The molecular weight excluding hydrogens is 318 g/mol. The molecule has 2 rings (SSSR count). The van der Waals surface area contributed by atoms with Crippen molar-refractivity contribution in [2.24, 2.45) is 0 Å². The Balaban J connectivity index is 2.31. The number of aromatic nitrogens is 2. The maximum atomic E-state index is 11.6. The lowest BCUT2D eigenvalue weighted by molar-refractivity contribution is -0.116. The maximum Gasteiger partial charge on any atom is 0.226 e. The second kappa shape index (κ2) is 7.77. The van der Waals surface area contributed by atoms with E-state index in [9.17, 15) is 4.79 Å². The second-order valence-electron chi connectivity index (χ2n) is 4.62. The van der Waals surface area contributed by atoms with E-state index in [0.717, 1.165) is 12.0 Å². The number of hydrogen-bond donors (Lipinski definition) is 1. The predicted octanol–water partition coefficient (Wildman–Crippen LogP) is 2.97. The smallest absolute Gasteiger partial charge is 0.226 e. The van der Waals surface area contributed by atoms with E-state index in [4.69, 9.17) is 14.2 Å². The van der Waals surface area contributed by atoms with Crippen LogP contribution in [-0.2, 0) is 4.79 Å². The van der Waals surface area contributed by atoms with Crippen LogP contribution in [0.1, 0.15) is 19.8 Å². The molecule has 23 heavy (non-hydrogen) atoms. The van der Waals surface area contributed by atoms with E-state index in [2.05, 4.69) is 15.5 Å². The van der Waals surface area contributed by atoms with Crippen molar-refractivity contribution in [2.75, 3.05) is 26.6 Å². The molecule has 0 atom stereocenters. The molecule has 0 saturated carbocycles. The monoisotopic (exact) mass is 337 g/mol. The van der Waals surface area contributed by atoms with Crippen LogP contribution in [0.15, 0.2) is 12.1 Å². The van der Waals surface area contributed by atoms with Crippen LogP contribution in [0.25, 0.3) is 10.6 Å². The molecule has 1 aromatic carbocycles. The van der Waals surface area contributed by atoms with Gasteiger partial charge in [0.05, 0.1) is 21.3 Å². The Labute approximate surface area is 138 Å². The highest BCUT2D eigenvalue weighted by atomic mass is 32.1. The third-order valence-electron chi connectivity index (χ3n) is 3.06. The fourth-order valence-electron chi connectivity index (χ4n) is 2.00. The van der Waals surface area contributed by atoms with Gasteiger partial charge in [-0.25, -0.2) is 0 Å². The molecule has 0 radical (unpaired) electrons. The average Bonchev–Trinajstić information content (AvgIpc) is 3.01. The summed E-state index contributed by atoms with van der Waals surface area (Å²) in [6.07, 6.45) is 1.24. The van der Waals surface area contributed by atoms with Crippen LogP contribution in [0.3, 0.4) is 0 Å². The van der Waals surface area contributed by atoms with E-state index in [1.165, 1.54) is 11.3 Å². The summed E-state index contributed by atoms with van der Waals surface area (Å²) < 4.78 is 15.9. The molecule has 2 aromatic rings. The zero-order valence-corrected chi connectivity index (χ0v) is 14.3. The van der Waals surface area contributed by atoms with Gasteiger partial charge in [0.1, 0.15) is 5.01 Å². The van der Waals surface area contributed by atoms with Crippen molar-refractivity contribution in [3.63, 3.8) is 0 Å². The van der Waals surface area contributed by atoms with Crippen LogP contribution in [0, 0.1) is 0 Å². The number of carbonyl (C=O) groups is 1. The third-order valence-corrected chi connectivity index (χ3v) is 3.95. The topological polar surface area (TPSA) is 82.6 Å². The van der Waals surface area contributed by atoms with Crippen LogP contribution >= 0.6 is 11.3 Å². The standard InChI is InChI=1S/C15H19N3O4S/c1-5-6-12(19)16-15-18-17-14(23-15)9-7-10(20-2)13(22-4)11(8-9)21-3/h7-8H,5-6H2,1-4H3,(H,16,18,19). The molecule has 1 N–H and O–H groups in total. The van der Waals surface area contributed by atoms with Crippen molar-refractivity contribution in [3.8, 4) is 27.8 Å². The number of hydrogen-bond acceptors (Lipinski definition) is 7. The summed E-state index contributed by atoms with van der Waals surface area (Å²) in [7, 11) is 4.65. The molecule has 8 heteroatoms. The average molecular weight is 337 g/mol. The van der Waals surface area contributed by atoms with Gasteiger partial charge in [0.15, 0.2) is 11.5 Å². The van der Waals surface area contributed by atoms with Crippen molar-refractivity contribution in [1.29, 1.82) is 0 Å². The minimum absolute atomic E-state index is 0.0694. The first-order chi connectivity index (χ1) is 11.1. The number of anilines is 1. The number of nitrogens with one attached hydrogen (secondary N) is 1. The fourth-order valence-corrected chi connectivity index (χ4v) is 2.75. The first-order valence-corrected chi connectivity index (χ1v) is 7.88. The quantitative estimate of drug-likeness (QED) is 0.836. The Hall–Kier alpha value is -2.35. The van der Waals surface area contributed by atoms with Crippen LogP contribution in [0.5, 0.6) is 17.2 Å². The Kier molecular flexibility index (Phi) is 5.75. The first kappa shape index (κ1) is 17.0. The molecule has 1 heterocycles. The molecule has 1 amide bonds. The maximum absolute atomic E-state index is 11.6. The molecule has 0 aliphatic carbocycles. The molecule has 0 spiro atoms. The molecule has 0 saturated heterocycles. The molecule has 0 aliphatic heterocycles. The number of benzene rings is 1. The second-order valence-corrected chi connectivity index (χ2v) is 5.60. The van der Waals surface area contributed by atoms with Crippen molar-refractivity contribution >= 4 is 22.4 Å². The highest BCUT2D eigenvalue weighted by molar-refractivity contribution is 7.18. The van der Waals surface area contributed by atoms with Gasteiger partial charge in [0.2, 0.25) is 16.8 Å². The van der Waals surface area contributed by atoms with Crippen molar-refractivity contribution < 1.29 is 19.0 Å². The molecular formula is C15H19N3O4S. The Bertz CT molecular complexity index is 662. The summed E-state index contributed by atoms with van der Waals surface area (Å²) in [4.78, 5) is 11.6. The van der Waals surface area contributed by atoms with Crippen molar-refractivity contribution in [2.45, 2.75) is 19.8 Å². The summed E-state index contributed by atoms with van der Waals surface area (Å²) in [5.74, 6) is 1.52. The van der Waals surface area contributed by atoms with E-state index in [0.29, 0.717) is 33.8 Å². The van der Waals surface area contributed by atoms with Crippen LogP contribution in [0.4, 0.5) is 5.13 Å². The van der Waals surface area contributed by atoms with E-state index in [-0.39, 0.29) is 5.91 Å². The van der Waals surface area contributed by atoms with Gasteiger partial charge in [-0.1, -0.05) is 18.3 Å². The van der Waals surface area contributed by atoms with Gasteiger partial charge in [-0.2, -0.15) is 0 Å². The highest BCUT2D eigenvalue weighted by Gasteiger charge is 2.17. The molecule has 0 fully saturated rings. The Morgan fingerprint density at radius 1 is 1.13 bits per heavy atom. The number of carbonyl (C=O) groups excluding carboxylic acids is 1. The van der Waals surface area contributed by atoms with Gasteiger partial charge in [0, 0.05) is 12.0 Å². The molecule has 124 valence electrons. The lowest BCUT2D eigenvalue weighted by Crippen LogP contribution is -2.10. The van der Waals surface area contributed by atoms with Crippen molar-refractivity contribution in [1.82, 2.24) is 10.2 Å². The summed E-state index contributed by atoms with van der Waals surface area (Å²) in [6.45, 7) is 1.95. The van der Waals surface area contributed by atoms with E-state index < -0.39 is 0 Å². The minimum atomic E-state index is -0.0694. The highest BCUT2D eigenvalue weighted by Crippen LogP contribution is 2.42. The molecule has 0 unspecified atom stereocenters. The number of amides is 1. The lowest BCUT2D eigenvalue weighted by atomic mass is 10.2. The number of ether oxygens (including phenoxy) is 3. The summed E-state index contributed by atoms with van der Waals surface area (Å²) in [6, 6.07) is 3.58. The van der Waals surface area contributed by atoms with E-state index in [1.807, 2.05) is 6.92 Å². The molecule has 1 aromatic heterocycles. The van der Waals surface area contributed by atoms with Gasteiger partial charge in [-0.3, -0.25) is 4.79 Å². The number of nitrogens with zero attached hydrogens (tertiary/aromatic N) is 2. The number of methoxy groups -OCH3 is 3. The molecule has 0 aliphatic rings. The zero-order valence-electron chi connectivity index (χ0n) is 13.5. The van der Waals surface area contributed by atoms with Crippen LogP contribution in [-0.4, -0.2) is 37.4 Å². The van der Waals surface area contributed by atoms with Gasteiger partial charge in [-0.05, 0) is 18.6 Å². The first-order valence-electron chi connectivity index (χ1n) is 7.06. The zero-order chi connectivity index (χ0) is 16.8. The van der Waals surface area contributed by atoms with Gasteiger partial charge >= 0.3 is 0 Å². The normalized spacial score (nSPS) is 10.3. The summed E-state index contributed by atoms with van der Waals surface area (Å²) >= 11 is 1.29. The Morgan fingerprint density at radius 3 is 2.30 bits per heavy atom. The van der Waals surface area contributed by atoms with Crippen LogP contribution < -0.4 is 19.5 Å². The fraction of sp³-hybridized carbons (Fsp3) is 0.400. The van der Waals surface area contributed by atoms with E-state index in [1.54, 1.807) is 33.5 Å². The molecule has 7 nitrogen and oxygen atoms in total. The lowest BCUT2D eigenvalue weighted by Gasteiger charge is -2.13. The minimum Gasteiger partial charge on any atom is -0.493 e. The SMILES string of the molecule is CCCC(=O)Nc1nnc(-c2cc(OC)c(OC)c(OC)c2)s1. The number of rotatable bonds is 7.